The zero-order chi connectivity index (χ0) is 13.7. The Morgan fingerprint density at radius 3 is 2.67 bits per heavy atom. The van der Waals surface area contributed by atoms with Gasteiger partial charge in [0.25, 0.3) is 5.69 Å². The van der Waals surface area contributed by atoms with Crippen LogP contribution in [0.5, 0.6) is 0 Å². The highest BCUT2D eigenvalue weighted by molar-refractivity contribution is 9.10. The Morgan fingerprint density at radius 2 is 2.11 bits per heavy atom. The molecule has 1 aromatic rings. The summed E-state index contributed by atoms with van der Waals surface area (Å²) in [4.78, 5) is 10.3. The molecule has 0 saturated heterocycles. The number of aliphatic hydroxyl groups is 1. The minimum atomic E-state index is -0.409. The molecule has 0 aromatic heterocycles. The summed E-state index contributed by atoms with van der Waals surface area (Å²) in [5, 5.41) is 23.0. The second-order valence-electron chi connectivity index (χ2n) is 4.40. The van der Waals surface area contributed by atoms with Gasteiger partial charge in [-0.25, -0.2) is 0 Å². The molecule has 0 spiro atoms. The molecule has 5 nitrogen and oxygen atoms in total. The average Bonchev–Trinajstić information content (AvgIpc) is 2.34. The first-order valence-electron chi connectivity index (χ1n) is 5.72. The molecule has 2 atom stereocenters. The van der Waals surface area contributed by atoms with Gasteiger partial charge in [-0.15, -0.1) is 0 Å². The molecular formula is C12H17BrN2O3. The number of non-ortho nitro benzene ring substituents is 1. The molecule has 6 heteroatoms. The number of hydrogen-bond acceptors (Lipinski definition) is 4. The van der Waals surface area contributed by atoms with Crippen LogP contribution in [0.15, 0.2) is 22.7 Å². The minimum Gasteiger partial charge on any atom is -0.396 e. The lowest BCUT2D eigenvalue weighted by Gasteiger charge is -2.19. The van der Waals surface area contributed by atoms with Crippen molar-refractivity contribution >= 4 is 21.6 Å². The monoisotopic (exact) mass is 316 g/mol. The lowest BCUT2D eigenvalue weighted by molar-refractivity contribution is -0.385. The lowest BCUT2D eigenvalue weighted by atomic mass is 10.0. The molecule has 2 N–H and O–H groups in total. The molecule has 0 heterocycles. The van der Waals surface area contributed by atoms with Gasteiger partial charge in [0.15, 0.2) is 0 Å². The Labute approximate surface area is 114 Å². The van der Waals surface area contributed by atoms with E-state index in [1.165, 1.54) is 6.07 Å². The van der Waals surface area contributed by atoms with Crippen LogP contribution in [0.4, 0.5) is 5.69 Å². The van der Waals surface area contributed by atoms with Crippen molar-refractivity contribution in [1.82, 2.24) is 5.32 Å². The zero-order valence-corrected chi connectivity index (χ0v) is 12.0. The number of rotatable bonds is 6. The van der Waals surface area contributed by atoms with Crippen molar-refractivity contribution in [3.8, 4) is 0 Å². The number of nitrogens with zero attached hydrogens (tertiary/aromatic N) is 1. The number of hydrogen-bond donors (Lipinski definition) is 2. The van der Waals surface area contributed by atoms with Gasteiger partial charge < -0.3 is 10.4 Å². The van der Waals surface area contributed by atoms with Gasteiger partial charge in [-0.1, -0.05) is 22.9 Å². The number of aliphatic hydroxyl groups excluding tert-OH is 1. The Hall–Kier alpha value is -0.980. The summed E-state index contributed by atoms with van der Waals surface area (Å²) >= 11 is 3.26. The van der Waals surface area contributed by atoms with E-state index >= 15 is 0 Å². The van der Waals surface area contributed by atoms with Crippen LogP contribution in [0.25, 0.3) is 0 Å². The van der Waals surface area contributed by atoms with Crippen LogP contribution in [0, 0.1) is 16.0 Å². The summed E-state index contributed by atoms with van der Waals surface area (Å²) < 4.78 is 0.691. The van der Waals surface area contributed by atoms with Crippen molar-refractivity contribution < 1.29 is 10.0 Å². The minimum absolute atomic E-state index is 0.0732. The van der Waals surface area contributed by atoms with E-state index in [4.69, 9.17) is 5.11 Å². The maximum Gasteiger partial charge on any atom is 0.270 e. The van der Waals surface area contributed by atoms with E-state index in [2.05, 4.69) is 21.2 Å². The predicted octanol–water partition coefficient (Wildman–Crippen LogP) is 2.46. The van der Waals surface area contributed by atoms with E-state index in [1.54, 1.807) is 6.07 Å². The molecule has 0 aliphatic rings. The van der Waals surface area contributed by atoms with E-state index in [-0.39, 0.29) is 24.3 Å². The maximum absolute atomic E-state index is 10.7. The molecular weight excluding hydrogens is 300 g/mol. The molecule has 0 aliphatic heterocycles. The summed E-state index contributed by atoms with van der Waals surface area (Å²) in [6.45, 7) is 4.58. The van der Waals surface area contributed by atoms with Gasteiger partial charge in [-0.05, 0) is 24.5 Å². The van der Waals surface area contributed by atoms with E-state index in [1.807, 2.05) is 19.9 Å². The van der Waals surface area contributed by atoms with Crippen molar-refractivity contribution in [2.75, 3.05) is 6.61 Å². The van der Waals surface area contributed by atoms with Gasteiger partial charge in [-0.2, -0.15) is 0 Å². The second-order valence-corrected chi connectivity index (χ2v) is 5.32. The molecule has 18 heavy (non-hydrogen) atoms. The van der Waals surface area contributed by atoms with E-state index < -0.39 is 4.92 Å². The van der Waals surface area contributed by atoms with Gasteiger partial charge in [0.2, 0.25) is 0 Å². The largest absolute Gasteiger partial charge is 0.396 e. The van der Waals surface area contributed by atoms with Crippen LogP contribution in [0.2, 0.25) is 0 Å². The van der Waals surface area contributed by atoms with E-state index in [0.717, 1.165) is 5.56 Å². The SMILES string of the molecule is CC(CO)C(C)NCc1cc(Br)cc([N+](=O)[O-])c1. The number of halogens is 1. The first kappa shape index (κ1) is 15.1. The quantitative estimate of drug-likeness (QED) is 0.624. The third kappa shape index (κ3) is 4.36. The number of nitro groups is 1. The van der Waals surface area contributed by atoms with Crippen LogP contribution >= 0.6 is 15.9 Å². The molecule has 1 rings (SSSR count). The fraction of sp³-hybridized carbons (Fsp3) is 0.500. The van der Waals surface area contributed by atoms with Crippen molar-refractivity contribution in [2.24, 2.45) is 5.92 Å². The van der Waals surface area contributed by atoms with Gasteiger partial charge >= 0.3 is 0 Å². The fourth-order valence-corrected chi connectivity index (χ4v) is 2.01. The van der Waals surface area contributed by atoms with Gasteiger partial charge in [-0.3, -0.25) is 10.1 Å². The first-order valence-corrected chi connectivity index (χ1v) is 6.51. The van der Waals surface area contributed by atoms with Crippen LogP contribution in [-0.4, -0.2) is 22.7 Å². The van der Waals surface area contributed by atoms with Gasteiger partial charge in [0.1, 0.15) is 0 Å². The predicted molar refractivity (Wildman–Crippen MR) is 73.3 cm³/mol. The van der Waals surface area contributed by atoms with Crippen molar-refractivity contribution in [2.45, 2.75) is 26.4 Å². The Balaban J connectivity index is 2.70. The molecule has 0 fully saturated rings. The Kier molecular flexibility index (Phi) is 5.71. The zero-order valence-electron chi connectivity index (χ0n) is 10.4. The van der Waals surface area contributed by atoms with E-state index in [9.17, 15) is 10.1 Å². The molecule has 1 aromatic carbocycles. The smallest absolute Gasteiger partial charge is 0.270 e. The number of benzene rings is 1. The summed E-state index contributed by atoms with van der Waals surface area (Å²) in [5.74, 6) is 0.145. The van der Waals surface area contributed by atoms with Crippen LogP contribution < -0.4 is 5.32 Å². The Morgan fingerprint density at radius 1 is 1.44 bits per heavy atom. The molecule has 0 amide bonds. The third-order valence-corrected chi connectivity index (χ3v) is 3.38. The van der Waals surface area contributed by atoms with Crippen molar-refractivity contribution in [3.63, 3.8) is 0 Å². The summed E-state index contributed by atoms with van der Waals surface area (Å²) in [5.41, 5.74) is 0.914. The second kappa shape index (κ2) is 6.82. The lowest BCUT2D eigenvalue weighted by Crippen LogP contribution is -2.33. The molecule has 0 saturated carbocycles. The average molecular weight is 317 g/mol. The number of nitrogens with one attached hydrogen (secondary N) is 1. The maximum atomic E-state index is 10.7. The number of nitro benzene ring substituents is 1. The summed E-state index contributed by atoms with van der Waals surface area (Å²) in [6, 6.07) is 5.02. The highest BCUT2D eigenvalue weighted by Crippen LogP contribution is 2.21. The standard InChI is InChI=1S/C12H17BrN2O3/c1-8(7-16)9(2)14-6-10-3-11(13)5-12(4-10)15(17)18/h3-5,8-9,14,16H,6-7H2,1-2H3. The van der Waals surface area contributed by atoms with Crippen LogP contribution in [0.1, 0.15) is 19.4 Å². The normalized spacial score (nSPS) is 14.2. The van der Waals surface area contributed by atoms with Crippen LogP contribution in [-0.2, 0) is 6.54 Å². The van der Waals surface area contributed by atoms with Crippen molar-refractivity contribution in [3.05, 3.63) is 38.3 Å². The topological polar surface area (TPSA) is 75.4 Å². The first-order chi connectivity index (χ1) is 8.43. The van der Waals surface area contributed by atoms with Crippen molar-refractivity contribution in [1.29, 1.82) is 0 Å². The molecule has 0 radical (unpaired) electrons. The molecule has 0 aliphatic carbocycles. The highest BCUT2D eigenvalue weighted by Gasteiger charge is 2.12. The van der Waals surface area contributed by atoms with Crippen LogP contribution in [0.3, 0.4) is 0 Å². The fourth-order valence-electron chi connectivity index (χ4n) is 1.48. The third-order valence-electron chi connectivity index (χ3n) is 2.92. The summed E-state index contributed by atoms with van der Waals surface area (Å²) in [6.07, 6.45) is 0. The van der Waals surface area contributed by atoms with Gasteiger partial charge in [0, 0.05) is 35.8 Å². The molecule has 2 unspecified atom stereocenters. The highest BCUT2D eigenvalue weighted by atomic mass is 79.9. The molecule has 100 valence electrons. The summed E-state index contributed by atoms with van der Waals surface area (Å²) in [7, 11) is 0. The molecule has 0 bridgehead atoms. The Bertz CT molecular complexity index is 426. The van der Waals surface area contributed by atoms with E-state index in [0.29, 0.717) is 11.0 Å². The van der Waals surface area contributed by atoms with Gasteiger partial charge in [0.05, 0.1) is 4.92 Å².